The van der Waals surface area contributed by atoms with Crippen molar-refractivity contribution >= 4 is 11.9 Å². The van der Waals surface area contributed by atoms with Crippen LogP contribution in [0.4, 0.5) is 0 Å². The molecule has 1 amide bonds. The maximum atomic E-state index is 11.8. The minimum Gasteiger partial charge on any atom is -0.460 e. The monoisotopic (exact) mass is 284 g/mol. The van der Waals surface area contributed by atoms with Gasteiger partial charge in [-0.1, -0.05) is 13.0 Å². The third kappa shape index (κ3) is 8.69. The lowest BCUT2D eigenvalue weighted by Crippen LogP contribution is -2.43. The molecule has 5 nitrogen and oxygen atoms in total. The van der Waals surface area contributed by atoms with Crippen LogP contribution >= 0.6 is 0 Å². The molecular formula is C15H28N2O3. The minimum absolute atomic E-state index is 0.0516. The van der Waals surface area contributed by atoms with Gasteiger partial charge in [-0.05, 0) is 46.1 Å². The van der Waals surface area contributed by atoms with Crippen molar-refractivity contribution in [2.24, 2.45) is 11.7 Å². The molecule has 0 heterocycles. The van der Waals surface area contributed by atoms with Crippen LogP contribution in [0.1, 0.15) is 47.0 Å². The summed E-state index contributed by atoms with van der Waals surface area (Å²) in [6, 6.07) is -0.360. The molecule has 0 aromatic carbocycles. The number of carbonyl (C=O) groups is 2. The largest absolute Gasteiger partial charge is 0.460 e. The summed E-state index contributed by atoms with van der Waals surface area (Å²) in [7, 11) is 0. The van der Waals surface area contributed by atoms with Gasteiger partial charge in [-0.15, -0.1) is 6.58 Å². The number of amides is 1. The van der Waals surface area contributed by atoms with E-state index in [0.717, 1.165) is 0 Å². The molecule has 0 aliphatic carbocycles. The van der Waals surface area contributed by atoms with Crippen molar-refractivity contribution in [3.8, 4) is 0 Å². The van der Waals surface area contributed by atoms with E-state index >= 15 is 0 Å². The highest BCUT2D eigenvalue weighted by atomic mass is 16.6. The molecule has 0 aliphatic rings. The average Bonchev–Trinajstić information content (AvgIpc) is 2.26. The first-order chi connectivity index (χ1) is 9.19. The summed E-state index contributed by atoms with van der Waals surface area (Å²) in [5.41, 5.74) is 4.79. The highest BCUT2D eigenvalue weighted by Gasteiger charge is 2.21. The smallest absolute Gasteiger partial charge is 0.306 e. The molecule has 0 aromatic heterocycles. The van der Waals surface area contributed by atoms with Gasteiger partial charge in [0.15, 0.2) is 0 Å². The zero-order valence-corrected chi connectivity index (χ0v) is 13.1. The van der Waals surface area contributed by atoms with E-state index in [2.05, 4.69) is 11.9 Å². The van der Waals surface area contributed by atoms with Crippen molar-refractivity contribution in [2.45, 2.75) is 58.6 Å². The van der Waals surface area contributed by atoms with E-state index in [1.807, 2.05) is 27.7 Å². The highest BCUT2D eigenvalue weighted by molar-refractivity contribution is 5.79. The zero-order chi connectivity index (χ0) is 15.8. The number of nitrogens with one attached hydrogen (secondary N) is 1. The van der Waals surface area contributed by atoms with Gasteiger partial charge in [0.1, 0.15) is 5.60 Å². The van der Waals surface area contributed by atoms with E-state index in [1.54, 1.807) is 6.08 Å². The molecule has 0 aromatic rings. The maximum absolute atomic E-state index is 11.8. The average molecular weight is 284 g/mol. The predicted octanol–water partition coefficient (Wildman–Crippen LogP) is 1.76. The first kappa shape index (κ1) is 18.6. The van der Waals surface area contributed by atoms with Crippen molar-refractivity contribution in [3.05, 3.63) is 12.7 Å². The van der Waals surface area contributed by atoms with Gasteiger partial charge >= 0.3 is 5.97 Å². The van der Waals surface area contributed by atoms with E-state index in [9.17, 15) is 9.59 Å². The van der Waals surface area contributed by atoms with Gasteiger partial charge in [0.05, 0.1) is 6.04 Å². The van der Waals surface area contributed by atoms with Gasteiger partial charge in [0, 0.05) is 6.42 Å². The lowest BCUT2D eigenvalue weighted by Gasteiger charge is -2.23. The summed E-state index contributed by atoms with van der Waals surface area (Å²) < 4.78 is 5.30. The van der Waals surface area contributed by atoms with Crippen LogP contribution in [0.5, 0.6) is 0 Å². The van der Waals surface area contributed by atoms with Crippen LogP contribution in [0.2, 0.25) is 0 Å². The molecule has 0 unspecified atom stereocenters. The van der Waals surface area contributed by atoms with E-state index in [-0.39, 0.29) is 23.8 Å². The molecule has 116 valence electrons. The number of hydrogen-bond donors (Lipinski definition) is 2. The molecule has 2 atom stereocenters. The Morgan fingerprint density at radius 2 is 2.00 bits per heavy atom. The number of nitrogens with two attached hydrogens (primary N) is 1. The Labute approximate surface area is 121 Å². The number of rotatable bonds is 9. The van der Waals surface area contributed by atoms with Crippen LogP contribution in [0.25, 0.3) is 0 Å². The van der Waals surface area contributed by atoms with Crippen LogP contribution < -0.4 is 11.1 Å². The quantitative estimate of drug-likeness (QED) is 0.499. The minimum atomic E-state index is -0.484. The fourth-order valence-corrected chi connectivity index (χ4v) is 1.85. The Hall–Kier alpha value is -1.36. The van der Waals surface area contributed by atoms with Crippen molar-refractivity contribution in [3.63, 3.8) is 0 Å². The number of carbonyl (C=O) groups excluding carboxylic acids is 2. The third-order valence-corrected chi connectivity index (χ3v) is 2.78. The van der Waals surface area contributed by atoms with Crippen molar-refractivity contribution < 1.29 is 14.3 Å². The lowest BCUT2D eigenvalue weighted by molar-refractivity contribution is -0.155. The molecule has 0 aliphatic heterocycles. The van der Waals surface area contributed by atoms with E-state index < -0.39 is 5.60 Å². The number of hydrogen-bond acceptors (Lipinski definition) is 4. The van der Waals surface area contributed by atoms with E-state index in [4.69, 9.17) is 10.5 Å². The fourth-order valence-electron chi connectivity index (χ4n) is 1.85. The van der Waals surface area contributed by atoms with Crippen molar-refractivity contribution in [2.75, 3.05) is 6.54 Å². The topological polar surface area (TPSA) is 81.4 Å². The number of esters is 1. The molecule has 20 heavy (non-hydrogen) atoms. The first-order valence-corrected chi connectivity index (χ1v) is 7.05. The molecule has 3 N–H and O–H groups in total. The molecule has 0 radical (unpaired) electrons. The van der Waals surface area contributed by atoms with E-state index in [1.165, 1.54) is 0 Å². The third-order valence-electron chi connectivity index (χ3n) is 2.78. The van der Waals surface area contributed by atoms with Crippen LogP contribution in [0.15, 0.2) is 12.7 Å². The molecule has 0 saturated carbocycles. The van der Waals surface area contributed by atoms with Crippen LogP contribution in [-0.2, 0) is 14.3 Å². The van der Waals surface area contributed by atoms with Crippen molar-refractivity contribution in [1.29, 1.82) is 0 Å². The van der Waals surface area contributed by atoms with Crippen LogP contribution in [0.3, 0.4) is 0 Å². The molecule has 0 bridgehead atoms. The van der Waals surface area contributed by atoms with Crippen LogP contribution in [-0.4, -0.2) is 30.1 Å². The van der Waals surface area contributed by atoms with Crippen LogP contribution in [0, 0.1) is 5.92 Å². The second-order valence-electron chi connectivity index (χ2n) is 5.95. The normalized spacial score (nSPS) is 14.4. The van der Waals surface area contributed by atoms with E-state index in [0.29, 0.717) is 25.8 Å². The SMILES string of the molecule is C=CC[C@@H](CN[C@@H](CC)C(N)=O)CC(=O)OC(C)(C)C. The Bertz CT molecular complexity index is 335. The number of primary amides is 1. The van der Waals surface area contributed by atoms with Gasteiger partial charge in [-0.25, -0.2) is 0 Å². The summed E-state index contributed by atoms with van der Waals surface area (Å²) in [5, 5.41) is 3.09. The molecule has 0 rings (SSSR count). The summed E-state index contributed by atoms with van der Waals surface area (Å²) in [6.07, 6.45) is 3.37. The second-order valence-corrected chi connectivity index (χ2v) is 5.95. The lowest BCUT2D eigenvalue weighted by atomic mass is 10.0. The second kappa shape index (κ2) is 8.74. The predicted molar refractivity (Wildman–Crippen MR) is 80.0 cm³/mol. The highest BCUT2D eigenvalue weighted by Crippen LogP contribution is 2.14. The zero-order valence-electron chi connectivity index (χ0n) is 13.1. The molecular weight excluding hydrogens is 256 g/mol. The number of allylic oxidation sites excluding steroid dienone is 1. The number of ether oxygens (including phenoxy) is 1. The Morgan fingerprint density at radius 3 is 2.40 bits per heavy atom. The van der Waals surface area contributed by atoms with Gasteiger partial charge in [0.25, 0.3) is 0 Å². The van der Waals surface area contributed by atoms with Crippen molar-refractivity contribution in [1.82, 2.24) is 5.32 Å². The summed E-state index contributed by atoms with van der Waals surface area (Å²) >= 11 is 0. The first-order valence-electron chi connectivity index (χ1n) is 7.05. The van der Waals surface area contributed by atoms with Gasteiger partial charge in [0.2, 0.25) is 5.91 Å². The maximum Gasteiger partial charge on any atom is 0.306 e. The summed E-state index contributed by atoms with van der Waals surface area (Å²) in [5.74, 6) is -0.559. The molecule has 0 fully saturated rings. The molecule has 0 spiro atoms. The summed E-state index contributed by atoms with van der Waals surface area (Å²) in [4.78, 5) is 23.0. The molecule has 5 heteroatoms. The Balaban J connectivity index is 4.39. The van der Waals surface area contributed by atoms with Gasteiger partial charge in [-0.3, -0.25) is 9.59 Å². The van der Waals surface area contributed by atoms with Gasteiger partial charge < -0.3 is 15.8 Å². The molecule has 0 saturated heterocycles. The standard InChI is InChI=1S/C15H28N2O3/c1-6-8-11(9-13(18)20-15(3,4)5)10-17-12(7-2)14(16)19/h6,11-12,17H,1,7-10H2,2-5H3,(H2,16,19)/t11-,12+/m1/s1. The summed E-state index contributed by atoms with van der Waals surface area (Å²) in [6.45, 7) is 11.6. The Morgan fingerprint density at radius 1 is 1.40 bits per heavy atom. The fraction of sp³-hybridized carbons (Fsp3) is 0.733. The Kier molecular flexibility index (Phi) is 8.15. The van der Waals surface area contributed by atoms with Gasteiger partial charge in [-0.2, -0.15) is 0 Å².